The Morgan fingerprint density at radius 3 is 2.65 bits per heavy atom. The number of hydrogen-bond donors (Lipinski definition) is 0. The highest BCUT2D eigenvalue weighted by Crippen LogP contribution is 2.25. The van der Waals surface area contributed by atoms with Gasteiger partial charge < -0.3 is 9.64 Å². The summed E-state index contributed by atoms with van der Waals surface area (Å²) in [4.78, 5) is 9.00. The van der Waals surface area contributed by atoms with E-state index < -0.39 is 0 Å². The van der Waals surface area contributed by atoms with Crippen molar-refractivity contribution in [1.29, 1.82) is 5.26 Å². The topological polar surface area (TPSA) is 52.4 Å². The highest BCUT2D eigenvalue weighted by molar-refractivity contribution is 5.57. The normalized spacial score (nSPS) is 21.6. The fourth-order valence-electron chi connectivity index (χ4n) is 3.15. The lowest BCUT2D eigenvalue weighted by Gasteiger charge is -2.40. The van der Waals surface area contributed by atoms with Crippen LogP contribution < -0.4 is 4.90 Å². The number of morpholine rings is 1. The lowest BCUT2D eigenvalue weighted by atomic mass is 10.0. The summed E-state index contributed by atoms with van der Waals surface area (Å²) in [5.74, 6) is 0. The van der Waals surface area contributed by atoms with Gasteiger partial charge in [-0.25, -0.2) is 0 Å². The lowest BCUT2D eigenvalue weighted by Crippen LogP contribution is -2.49. The van der Waals surface area contributed by atoms with Crippen molar-refractivity contribution in [2.45, 2.75) is 18.9 Å². The van der Waals surface area contributed by atoms with Crippen LogP contribution in [0.4, 0.5) is 5.69 Å². The van der Waals surface area contributed by atoms with Gasteiger partial charge in [0, 0.05) is 38.4 Å². The summed E-state index contributed by atoms with van der Waals surface area (Å²) in [5.41, 5.74) is 1.71. The molecule has 0 unspecified atom stereocenters. The average molecular weight is 272 g/mol. The molecule has 0 aliphatic carbocycles. The van der Waals surface area contributed by atoms with Gasteiger partial charge in [0.25, 0.3) is 0 Å². The number of pyridine rings is 1. The molecule has 2 aliphatic rings. The van der Waals surface area contributed by atoms with E-state index in [1.807, 2.05) is 6.20 Å². The predicted molar refractivity (Wildman–Crippen MR) is 76.6 cm³/mol. The van der Waals surface area contributed by atoms with Crippen LogP contribution in [0.5, 0.6) is 0 Å². The van der Waals surface area contributed by atoms with Gasteiger partial charge in [0.1, 0.15) is 6.07 Å². The molecule has 5 nitrogen and oxygen atoms in total. The Bertz CT molecular complexity index is 485. The van der Waals surface area contributed by atoms with Crippen molar-refractivity contribution >= 4 is 5.69 Å². The smallest absolute Gasteiger partial charge is 0.101 e. The molecule has 0 amide bonds. The van der Waals surface area contributed by atoms with Crippen LogP contribution in [0.3, 0.4) is 0 Å². The minimum Gasteiger partial charge on any atom is -0.379 e. The number of nitriles is 1. The predicted octanol–water partition coefficient (Wildman–Crippen LogP) is 1.25. The highest BCUT2D eigenvalue weighted by atomic mass is 16.5. The van der Waals surface area contributed by atoms with Crippen molar-refractivity contribution < 1.29 is 4.74 Å². The van der Waals surface area contributed by atoms with Crippen LogP contribution in [0.1, 0.15) is 18.4 Å². The zero-order valence-corrected chi connectivity index (χ0v) is 11.7. The van der Waals surface area contributed by atoms with Crippen molar-refractivity contribution in [1.82, 2.24) is 9.88 Å². The van der Waals surface area contributed by atoms with Crippen LogP contribution in [0.2, 0.25) is 0 Å². The third-order valence-electron chi connectivity index (χ3n) is 4.29. The van der Waals surface area contributed by atoms with E-state index in [2.05, 4.69) is 20.9 Å². The molecule has 2 saturated heterocycles. The van der Waals surface area contributed by atoms with Crippen LogP contribution in [-0.2, 0) is 4.74 Å². The van der Waals surface area contributed by atoms with E-state index in [4.69, 9.17) is 4.74 Å². The van der Waals surface area contributed by atoms with Gasteiger partial charge in [0.2, 0.25) is 0 Å². The third kappa shape index (κ3) is 2.77. The quantitative estimate of drug-likeness (QED) is 0.811. The number of piperidine rings is 1. The molecule has 2 fully saturated rings. The number of anilines is 1. The van der Waals surface area contributed by atoms with Crippen molar-refractivity contribution in [3.63, 3.8) is 0 Å². The molecule has 0 atom stereocenters. The summed E-state index contributed by atoms with van der Waals surface area (Å²) in [6.45, 7) is 5.84. The fraction of sp³-hybridized carbons (Fsp3) is 0.600. The molecule has 20 heavy (non-hydrogen) atoms. The minimum atomic E-state index is 0.664. The molecular formula is C15H20N4O. The van der Waals surface area contributed by atoms with Gasteiger partial charge in [-0.15, -0.1) is 0 Å². The van der Waals surface area contributed by atoms with E-state index in [1.54, 1.807) is 12.3 Å². The molecule has 0 aromatic carbocycles. The Labute approximate surface area is 119 Å². The molecule has 106 valence electrons. The molecule has 0 radical (unpaired) electrons. The first-order chi connectivity index (χ1) is 9.88. The molecule has 0 saturated carbocycles. The molecule has 0 N–H and O–H groups in total. The van der Waals surface area contributed by atoms with E-state index in [0.717, 1.165) is 63.5 Å². The molecule has 3 rings (SSSR count). The summed E-state index contributed by atoms with van der Waals surface area (Å²) in [6.07, 6.45) is 5.80. The first-order valence-electron chi connectivity index (χ1n) is 7.29. The maximum Gasteiger partial charge on any atom is 0.101 e. The monoisotopic (exact) mass is 272 g/mol. The van der Waals surface area contributed by atoms with Crippen molar-refractivity contribution in [3.8, 4) is 6.07 Å². The van der Waals surface area contributed by atoms with E-state index >= 15 is 0 Å². The van der Waals surface area contributed by atoms with E-state index in [0.29, 0.717) is 6.04 Å². The molecular weight excluding hydrogens is 252 g/mol. The summed E-state index contributed by atoms with van der Waals surface area (Å²) in [5, 5.41) is 9.18. The maximum atomic E-state index is 9.18. The van der Waals surface area contributed by atoms with Crippen LogP contribution in [0.15, 0.2) is 18.5 Å². The third-order valence-corrected chi connectivity index (χ3v) is 4.29. The van der Waals surface area contributed by atoms with Gasteiger partial charge in [-0.2, -0.15) is 5.26 Å². The van der Waals surface area contributed by atoms with Crippen LogP contribution in [0, 0.1) is 11.3 Å². The zero-order valence-electron chi connectivity index (χ0n) is 11.7. The lowest BCUT2D eigenvalue weighted by molar-refractivity contribution is 0.0115. The SMILES string of the molecule is N#Cc1ccncc1N1CCC(N2CCOCC2)CC1. The number of rotatable bonds is 2. The fourth-order valence-corrected chi connectivity index (χ4v) is 3.15. The number of ether oxygens (including phenoxy) is 1. The van der Waals surface area contributed by atoms with Gasteiger partial charge >= 0.3 is 0 Å². The van der Waals surface area contributed by atoms with Crippen molar-refractivity contribution in [2.75, 3.05) is 44.3 Å². The van der Waals surface area contributed by atoms with Gasteiger partial charge in [-0.3, -0.25) is 9.88 Å². The molecule has 0 bridgehead atoms. The Hall–Kier alpha value is -1.64. The Kier molecular flexibility index (Phi) is 4.14. The summed E-state index contributed by atoms with van der Waals surface area (Å²) in [6, 6.07) is 4.72. The van der Waals surface area contributed by atoms with Crippen LogP contribution in [0.25, 0.3) is 0 Å². The molecule has 1 aromatic heterocycles. The standard InChI is InChI=1S/C15H20N4O/c16-11-13-1-4-17-12-15(13)19-5-2-14(3-6-19)18-7-9-20-10-8-18/h1,4,12,14H,2-3,5-10H2. The van der Waals surface area contributed by atoms with Crippen molar-refractivity contribution in [3.05, 3.63) is 24.0 Å². The Balaban J connectivity index is 1.62. The summed E-state index contributed by atoms with van der Waals surface area (Å²) < 4.78 is 5.41. The summed E-state index contributed by atoms with van der Waals surface area (Å²) >= 11 is 0. The van der Waals surface area contributed by atoms with E-state index in [9.17, 15) is 5.26 Å². The van der Waals surface area contributed by atoms with Gasteiger partial charge in [-0.05, 0) is 18.9 Å². The molecule has 2 aliphatic heterocycles. The highest BCUT2D eigenvalue weighted by Gasteiger charge is 2.26. The second-order valence-corrected chi connectivity index (χ2v) is 5.37. The zero-order chi connectivity index (χ0) is 13.8. The number of hydrogen-bond acceptors (Lipinski definition) is 5. The Morgan fingerprint density at radius 2 is 1.95 bits per heavy atom. The maximum absolute atomic E-state index is 9.18. The first-order valence-corrected chi connectivity index (χ1v) is 7.29. The first kappa shape index (κ1) is 13.3. The minimum absolute atomic E-state index is 0.664. The molecule has 3 heterocycles. The van der Waals surface area contributed by atoms with Crippen molar-refractivity contribution in [2.24, 2.45) is 0 Å². The molecule has 1 aromatic rings. The largest absolute Gasteiger partial charge is 0.379 e. The number of nitrogens with zero attached hydrogens (tertiary/aromatic N) is 4. The second kappa shape index (κ2) is 6.21. The van der Waals surface area contributed by atoms with Gasteiger partial charge in [0.15, 0.2) is 0 Å². The van der Waals surface area contributed by atoms with Crippen LogP contribution in [-0.4, -0.2) is 55.3 Å². The Morgan fingerprint density at radius 1 is 1.20 bits per heavy atom. The number of aromatic nitrogens is 1. The van der Waals surface area contributed by atoms with Gasteiger partial charge in [0.05, 0.1) is 30.7 Å². The second-order valence-electron chi connectivity index (χ2n) is 5.37. The van der Waals surface area contributed by atoms with E-state index in [-0.39, 0.29) is 0 Å². The van der Waals surface area contributed by atoms with Gasteiger partial charge in [-0.1, -0.05) is 0 Å². The summed E-state index contributed by atoms with van der Waals surface area (Å²) in [7, 11) is 0. The molecule has 5 heteroatoms. The van der Waals surface area contributed by atoms with Crippen LogP contribution >= 0.6 is 0 Å². The van der Waals surface area contributed by atoms with E-state index in [1.165, 1.54) is 0 Å². The molecule has 0 spiro atoms. The average Bonchev–Trinajstić information content (AvgIpc) is 2.56.